The summed E-state index contributed by atoms with van der Waals surface area (Å²) in [5.74, 6) is 0.803. The molecule has 1 aromatic heterocycles. The van der Waals surface area contributed by atoms with Crippen molar-refractivity contribution in [1.29, 1.82) is 0 Å². The zero-order valence-corrected chi connectivity index (χ0v) is 21.5. The van der Waals surface area contributed by atoms with Gasteiger partial charge >= 0.3 is 5.97 Å². The third-order valence-corrected chi connectivity index (χ3v) is 5.70. The summed E-state index contributed by atoms with van der Waals surface area (Å²) in [7, 11) is 1.34. The number of aryl methyl sites for hydroxylation is 1. The summed E-state index contributed by atoms with van der Waals surface area (Å²) in [6.07, 6.45) is 3.45. The average molecular weight is 480 g/mol. The molecule has 0 fully saturated rings. The lowest BCUT2D eigenvalue weighted by Crippen LogP contribution is -2.28. The Kier molecular flexibility index (Phi) is 9.10. The average Bonchev–Trinajstić information content (AvgIpc) is 3.21. The van der Waals surface area contributed by atoms with Crippen molar-refractivity contribution in [1.82, 2.24) is 5.32 Å². The first kappa shape index (κ1) is 26.5. The molecule has 0 atom stereocenters. The summed E-state index contributed by atoms with van der Waals surface area (Å²) < 4.78 is 16.7. The minimum Gasteiger partial charge on any atom is -0.494 e. The molecule has 0 amide bonds. The summed E-state index contributed by atoms with van der Waals surface area (Å²) in [6, 6.07) is 12.3. The predicted molar refractivity (Wildman–Crippen MR) is 138 cm³/mol. The molecule has 0 saturated heterocycles. The van der Waals surface area contributed by atoms with Crippen LogP contribution >= 0.6 is 0 Å². The van der Waals surface area contributed by atoms with Crippen LogP contribution in [0.4, 0.5) is 0 Å². The summed E-state index contributed by atoms with van der Waals surface area (Å²) in [6.45, 7) is 11.2. The number of nitrogens with one attached hydrogen (secondary N) is 1. The Morgan fingerprint density at radius 2 is 1.71 bits per heavy atom. The Morgan fingerprint density at radius 1 is 1.00 bits per heavy atom. The number of unbranched alkanes of at least 4 members (excludes halogenated alkanes) is 1. The fraction of sp³-hybridized carbons (Fsp3) is 0.448. The maximum atomic E-state index is 13.6. The maximum absolute atomic E-state index is 13.6. The molecule has 0 aliphatic rings. The third-order valence-electron chi connectivity index (χ3n) is 5.70. The van der Waals surface area contributed by atoms with Crippen LogP contribution < -0.4 is 10.1 Å². The Balaban J connectivity index is 1.74. The first-order valence-electron chi connectivity index (χ1n) is 12.4. The Hall–Kier alpha value is -3.12. The van der Waals surface area contributed by atoms with Gasteiger partial charge in [0, 0.05) is 17.4 Å². The van der Waals surface area contributed by atoms with Gasteiger partial charge in [0.2, 0.25) is 0 Å². The lowest BCUT2D eigenvalue weighted by atomic mass is 9.97. The number of carbonyl (C=O) groups is 2. The van der Waals surface area contributed by atoms with Crippen LogP contribution in [0.15, 0.2) is 46.9 Å². The number of methoxy groups -OCH3 is 1. The summed E-state index contributed by atoms with van der Waals surface area (Å²) in [5.41, 5.74) is 2.30. The number of benzene rings is 2. The quantitative estimate of drug-likeness (QED) is 0.189. The van der Waals surface area contributed by atoms with Gasteiger partial charge in [0.05, 0.1) is 24.8 Å². The van der Waals surface area contributed by atoms with Gasteiger partial charge in [0.15, 0.2) is 5.78 Å². The monoisotopic (exact) mass is 479 g/mol. The largest absolute Gasteiger partial charge is 0.494 e. The standard InChI is InChI=1S/C29H37NO5/c1-6-7-9-25-26(23-18-21(28(32)33-5)12-15-24(23)35-25)27(31)20-10-13-22(14-11-20)34-17-8-16-30-19-29(2,3)4/h10-15,18,30H,6-9,16-17,19H2,1-5H3. The second-order valence-electron chi connectivity index (χ2n) is 10.00. The molecule has 3 rings (SSSR count). The lowest BCUT2D eigenvalue weighted by Gasteiger charge is -2.18. The number of carbonyl (C=O) groups excluding carboxylic acids is 2. The highest BCUT2D eigenvalue weighted by atomic mass is 16.5. The summed E-state index contributed by atoms with van der Waals surface area (Å²) in [4.78, 5) is 25.6. The number of fused-ring (bicyclic) bond motifs is 1. The van der Waals surface area contributed by atoms with E-state index in [9.17, 15) is 9.59 Å². The Morgan fingerprint density at radius 3 is 2.37 bits per heavy atom. The van der Waals surface area contributed by atoms with E-state index in [1.165, 1.54) is 7.11 Å². The number of hydrogen-bond acceptors (Lipinski definition) is 6. The molecule has 0 spiro atoms. The smallest absolute Gasteiger partial charge is 0.337 e. The SMILES string of the molecule is CCCCc1oc2ccc(C(=O)OC)cc2c1C(=O)c1ccc(OCCCNCC(C)(C)C)cc1. The fourth-order valence-corrected chi connectivity index (χ4v) is 3.85. The van der Waals surface area contributed by atoms with Crippen molar-refractivity contribution >= 4 is 22.7 Å². The Labute approximate surface area is 208 Å². The number of furan rings is 1. The molecule has 35 heavy (non-hydrogen) atoms. The highest BCUT2D eigenvalue weighted by molar-refractivity contribution is 6.17. The van der Waals surface area contributed by atoms with Crippen molar-refractivity contribution in [2.45, 2.75) is 53.4 Å². The molecule has 188 valence electrons. The van der Waals surface area contributed by atoms with E-state index in [0.29, 0.717) is 46.4 Å². The van der Waals surface area contributed by atoms with Crippen LogP contribution in [0.2, 0.25) is 0 Å². The first-order valence-corrected chi connectivity index (χ1v) is 12.4. The minimum atomic E-state index is -0.447. The van der Waals surface area contributed by atoms with Gasteiger partial charge in [0.1, 0.15) is 17.1 Å². The minimum absolute atomic E-state index is 0.130. The number of esters is 1. The van der Waals surface area contributed by atoms with Crippen LogP contribution in [-0.2, 0) is 11.2 Å². The van der Waals surface area contributed by atoms with E-state index in [1.54, 1.807) is 30.3 Å². The van der Waals surface area contributed by atoms with E-state index < -0.39 is 5.97 Å². The molecule has 0 bridgehead atoms. The molecule has 3 aromatic rings. The molecule has 1 heterocycles. The van der Waals surface area contributed by atoms with Crippen molar-refractivity contribution in [3.05, 3.63) is 64.9 Å². The Bertz CT molecular complexity index is 1140. The van der Waals surface area contributed by atoms with E-state index in [0.717, 1.165) is 38.1 Å². The van der Waals surface area contributed by atoms with Crippen LogP contribution in [0.3, 0.4) is 0 Å². The lowest BCUT2D eigenvalue weighted by molar-refractivity contribution is 0.0600. The fourth-order valence-electron chi connectivity index (χ4n) is 3.85. The van der Waals surface area contributed by atoms with Gasteiger partial charge in [-0.2, -0.15) is 0 Å². The zero-order valence-electron chi connectivity index (χ0n) is 21.5. The van der Waals surface area contributed by atoms with E-state index in [1.807, 2.05) is 12.1 Å². The molecule has 6 nitrogen and oxygen atoms in total. The van der Waals surface area contributed by atoms with Crippen molar-refractivity contribution in [3.63, 3.8) is 0 Å². The first-order chi connectivity index (χ1) is 16.7. The van der Waals surface area contributed by atoms with Gasteiger partial charge in [-0.05, 0) is 73.8 Å². The molecule has 0 saturated carbocycles. The summed E-state index contributed by atoms with van der Waals surface area (Å²) >= 11 is 0. The van der Waals surface area contributed by atoms with E-state index >= 15 is 0 Å². The van der Waals surface area contributed by atoms with Crippen LogP contribution in [0.1, 0.15) is 79.0 Å². The molecular formula is C29H37NO5. The highest BCUT2D eigenvalue weighted by Crippen LogP contribution is 2.31. The van der Waals surface area contributed by atoms with Gasteiger partial charge in [-0.25, -0.2) is 4.79 Å². The molecular weight excluding hydrogens is 442 g/mol. The van der Waals surface area contributed by atoms with Crippen molar-refractivity contribution in [2.24, 2.45) is 5.41 Å². The van der Waals surface area contributed by atoms with Gasteiger partial charge in [-0.1, -0.05) is 34.1 Å². The van der Waals surface area contributed by atoms with Crippen LogP contribution in [0.5, 0.6) is 5.75 Å². The van der Waals surface area contributed by atoms with E-state index in [-0.39, 0.29) is 11.2 Å². The van der Waals surface area contributed by atoms with E-state index in [2.05, 4.69) is 33.0 Å². The second kappa shape index (κ2) is 12.0. The van der Waals surface area contributed by atoms with Crippen LogP contribution in [0, 0.1) is 5.41 Å². The number of ketones is 1. The van der Waals surface area contributed by atoms with Crippen molar-refractivity contribution in [3.8, 4) is 5.75 Å². The molecule has 6 heteroatoms. The molecule has 0 radical (unpaired) electrons. The van der Waals surface area contributed by atoms with Gasteiger partial charge < -0.3 is 19.2 Å². The van der Waals surface area contributed by atoms with Gasteiger partial charge in [-0.3, -0.25) is 4.79 Å². The molecule has 0 unspecified atom stereocenters. The summed E-state index contributed by atoms with van der Waals surface area (Å²) in [5, 5.41) is 4.07. The molecule has 2 aromatic carbocycles. The third kappa shape index (κ3) is 7.18. The molecule has 1 N–H and O–H groups in total. The van der Waals surface area contributed by atoms with Gasteiger partial charge in [-0.15, -0.1) is 0 Å². The second-order valence-corrected chi connectivity index (χ2v) is 10.00. The highest BCUT2D eigenvalue weighted by Gasteiger charge is 2.23. The predicted octanol–water partition coefficient (Wildman–Crippen LogP) is 6.20. The van der Waals surface area contributed by atoms with Crippen molar-refractivity contribution < 1.29 is 23.5 Å². The molecule has 0 aliphatic heterocycles. The number of hydrogen-bond donors (Lipinski definition) is 1. The van der Waals surface area contributed by atoms with E-state index in [4.69, 9.17) is 13.9 Å². The van der Waals surface area contributed by atoms with Crippen LogP contribution in [-0.4, -0.2) is 38.6 Å². The number of rotatable bonds is 12. The topological polar surface area (TPSA) is 77.8 Å². The molecule has 0 aliphatic carbocycles. The van der Waals surface area contributed by atoms with Crippen molar-refractivity contribution in [2.75, 3.05) is 26.8 Å². The van der Waals surface area contributed by atoms with Crippen LogP contribution in [0.25, 0.3) is 11.0 Å². The van der Waals surface area contributed by atoms with Gasteiger partial charge in [0.25, 0.3) is 0 Å². The zero-order chi connectivity index (χ0) is 25.4. The maximum Gasteiger partial charge on any atom is 0.337 e. The number of ether oxygens (including phenoxy) is 2. The normalized spacial score (nSPS) is 11.6.